The third-order valence-corrected chi connectivity index (χ3v) is 1.20. The molecule has 0 aromatic carbocycles. The summed E-state index contributed by atoms with van der Waals surface area (Å²) in [5.74, 6) is 0.706. The van der Waals surface area contributed by atoms with Crippen molar-refractivity contribution in [2.45, 2.75) is 6.92 Å². The van der Waals surface area contributed by atoms with Crippen molar-refractivity contribution in [1.82, 2.24) is 10.4 Å². The highest BCUT2D eigenvalue weighted by Gasteiger charge is 2.00. The lowest BCUT2D eigenvalue weighted by Crippen LogP contribution is -2.14. The molecule has 4 heteroatoms. The van der Waals surface area contributed by atoms with Gasteiger partial charge in [-0.1, -0.05) is 0 Å². The molecule has 0 aliphatic carbocycles. The van der Waals surface area contributed by atoms with Crippen LogP contribution in [0.3, 0.4) is 0 Å². The van der Waals surface area contributed by atoms with E-state index in [2.05, 4.69) is 10.4 Å². The minimum atomic E-state index is 0.706. The van der Waals surface area contributed by atoms with E-state index in [4.69, 9.17) is 4.52 Å². The molecule has 0 radical (unpaired) electrons. The fourth-order valence-corrected chi connectivity index (χ4v) is 0.486. The number of rotatable bonds is 2. The molecule has 1 heterocycles. The van der Waals surface area contributed by atoms with Gasteiger partial charge in [-0.05, 0) is 6.92 Å². The lowest BCUT2D eigenvalue weighted by Gasteiger charge is -2.08. The highest BCUT2D eigenvalue weighted by molar-refractivity contribution is 5.27. The third-order valence-electron chi connectivity index (χ3n) is 1.20. The molecule has 0 spiro atoms. The Morgan fingerprint density at radius 1 is 1.78 bits per heavy atom. The SMILES string of the molecule is CCN(C)c1cnno1. The molecule has 9 heavy (non-hydrogen) atoms. The molecule has 0 unspecified atom stereocenters. The Bertz CT molecular complexity index is 161. The first kappa shape index (κ1) is 6.07. The number of nitrogens with zero attached hydrogens (tertiary/aromatic N) is 3. The van der Waals surface area contributed by atoms with Crippen LogP contribution in [-0.4, -0.2) is 24.0 Å². The summed E-state index contributed by atoms with van der Waals surface area (Å²) in [6.07, 6.45) is 1.59. The summed E-state index contributed by atoms with van der Waals surface area (Å²) in [6.45, 7) is 2.93. The van der Waals surface area contributed by atoms with Gasteiger partial charge in [0.25, 0.3) is 0 Å². The molecule has 1 aromatic rings. The predicted octanol–water partition coefficient (Wildman–Crippen LogP) is 0.526. The van der Waals surface area contributed by atoms with E-state index in [1.165, 1.54) is 0 Å². The average molecular weight is 127 g/mol. The van der Waals surface area contributed by atoms with Crippen LogP contribution < -0.4 is 4.90 Å². The minimum Gasteiger partial charge on any atom is -0.343 e. The zero-order valence-corrected chi connectivity index (χ0v) is 5.53. The summed E-state index contributed by atoms with van der Waals surface area (Å²) < 4.78 is 4.75. The molecule has 4 nitrogen and oxygen atoms in total. The molecule has 0 N–H and O–H groups in total. The third kappa shape index (κ3) is 1.19. The van der Waals surface area contributed by atoms with Crippen molar-refractivity contribution in [2.75, 3.05) is 18.5 Å². The van der Waals surface area contributed by atoms with Gasteiger partial charge >= 0.3 is 0 Å². The van der Waals surface area contributed by atoms with Gasteiger partial charge in [-0.2, -0.15) is 0 Å². The molecule has 50 valence electrons. The number of anilines is 1. The zero-order valence-electron chi connectivity index (χ0n) is 5.53. The first-order chi connectivity index (χ1) is 4.34. The molecule has 0 aliphatic heterocycles. The van der Waals surface area contributed by atoms with E-state index in [1.807, 2.05) is 18.9 Å². The van der Waals surface area contributed by atoms with Crippen molar-refractivity contribution in [2.24, 2.45) is 0 Å². The Morgan fingerprint density at radius 2 is 2.56 bits per heavy atom. The number of hydrogen-bond donors (Lipinski definition) is 0. The van der Waals surface area contributed by atoms with Gasteiger partial charge in [0, 0.05) is 18.9 Å². The van der Waals surface area contributed by atoms with Crippen LogP contribution >= 0.6 is 0 Å². The molecule has 0 aliphatic rings. The highest BCUT2D eigenvalue weighted by Crippen LogP contribution is 2.05. The van der Waals surface area contributed by atoms with Crippen molar-refractivity contribution in [1.29, 1.82) is 0 Å². The summed E-state index contributed by atoms with van der Waals surface area (Å²) in [7, 11) is 1.92. The van der Waals surface area contributed by atoms with Crippen molar-refractivity contribution < 1.29 is 4.52 Å². The van der Waals surface area contributed by atoms with Crippen LogP contribution in [-0.2, 0) is 0 Å². The Kier molecular flexibility index (Phi) is 1.67. The Hall–Kier alpha value is -1.06. The second-order valence-corrected chi connectivity index (χ2v) is 1.77. The maximum atomic E-state index is 4.75. The van der Waals surface area contributed by atoms with Crippen LogP contribution in [0.2, 0.25) is 0 Å². The Labute approximate surface area is 53.4 Å². The van der Waals surface area contributed by atoms with Gasteiger partial charge in [-0.15, -0.1) is 5.10 Å². The van der Waals surface area contributed by atoms with Crippen LogP contribution in [0.4, 0.5) is 5.88 Å². The van der Waals surface area contributed by atoms with Crippen molar-refractivity contribution in [3.63, 3.8) is 0 Å². The molecule has 0 bridgehead atoms. The van der Waals surface area contributed by atoms with Gasteiger partial charge in [-0.3, -0.25) is 0 Å². The maximum absolute atomic E-state index is 4.75. The van der Waals surface area contributed by atoms with Crippen molar-refractivity contribution in [3.8, 4) is 0 Å². The van der Waals surface area contributed by atoms with Crippen LogP contribution in [0.25, 0.3) is 0 Å². The Balaban J connectivity index is 2.65. The maximum Gasteiger partial charge on any atom is 0.247 e. The summed E-state index contributed by atoms with van der Waals surface area (Å²) in [4.78, 5) is 1.92. The van der Waals surface area contributed by atoms with Gasteiger partial charge < -0.3 is 9.42 Å². The van der Waals surface area contributed by atoms with Crippen LogP contribution in [0, 0.1) is 0 Å². The van der Waals surface area contributed by atoms with Crippen LogP contribution in [0.5, 0.6) is 0 Å². The molecule has 1 aromatic heterocycles. The molecule has 0 atom stereocenters. The summed E-state index contributed by atoms with van der Waals surface area (Å²) in [5, 5.41) is 6.86. The molecule has 0 saturated heterocycles. The second kappa shape index (κ2) is 2.48. The van der Waals surface area contributed by atoms with Crippen LogP contribution in [0.1, 0.15) is 6.92 Å². The van der Waals surface area contributed by atoms with Gasteiger partial charge in [0.1, 0.15) is 6.20 Å². The van der Waals surface area contributed by atoms with E-state index in [9.17, 15) is 0 Å². The lowest BCUT2D eigenvalue weighted by atomic mass is 10.6. The molecule has 1 rings (SSSR count). The molecular formula is C5H9N3O. The van der Waals surface area contributed by atoms with Gasteiger partial charge in [0.15, 0.2) is 0 Å². The summed E-state index contributed by atoms with van der Waals surface area (Å²) in [6, 6.07) is 0. The molecule has 0 amide bonds. The summed E-state index contributed by atoms with van der Waals surface area (Å²) >= 11 is 0. The summed E-state index contributed by atoms with van der Waals surface area (Å²) in [5.41, 5.74) is 0. The quantitative estimate of drug-likeness (QED) is 0.581. The van der Waals surface area contributed by atoms with Gasteiger partial charge in [0.05, 0.1) is 0 Å². The van der Waals surface area contributed by atoms with Crippen molar-refractivity contribution in [3.05, 3.63) is 6.20 Å². The monoisotopic (exact) mass is 127 g/mol. The van der Waals surface area contributed by atoms with E-state index < -0.39 is 0 Å². The van der Waals surface area contributed by atoms with E-state index in [0.29, 0.717) is 5.88 Å². The number of hydrogen-bond acceptors (Lipinski definition) is 4. The van der Waals surface area contributed by atoms with Gasteiger partial charge in [-0.25, -0.2) is 0 Å². The standard InChI is InChI=1S/C5H9N3O/c1-3-8(2)5-4-6-7-9-5/h4H,3H2,1-2H3. The smallest absolute Gasteiger partial charge is 0.247 e. The van der Waals surface area contributed by atoms with Crippen molar-refractivity contribution >= 4 is 5.88 Å². The molecular weight excluding hydrogens is 118 g/mol. The normalized spacial score (nSPS) is 9.56. The topological polar surface area (TPSA) is 42.2 Å². The second-order valence-electron chi connectivity index (χ2n) is 1.77. The van der Waals surface area contributed by atoms with E-state index in [1.54, 1.807) is 6.20 Å². The average Bonchev–Trinajstić information content (AvgIpc) is 2.37. The lowest BCUT2D eigenvalue weighted by molar-refractivity contribution is 0.395. The molecule has 0 saturated carbocycles. The van der Waals surface area contributed by atoms with E-state index >= 15 is 0 Å². The van der Waals surface area contributed by atoms with E-state index in [-0.39, 0.29) is 0 Å². The van der Waals surface area contributed by atoms with Gasteiger partial charge in [0.2, 0.25) is 5.88 Å². The first-order valence-electron chi connectivity index (χ1n) is 2.83. The fraction of sp³-hybridized carbons (Fsp3) is 0.600. The zero-order chi connectivity index (χ0) is 6.69. The Morgan fingerprint density at radius 3 is 3.00 bits per heavy atom. The fourth-order valence-electron chi connectivity index (χ4n) is 0.486. The minimum absolute atomic E-state index is 0.706. The highest BCUT2D eigenvalue weighted by atomic mass is 16.5. The largest absolute Gasteiger partial charge is 0.343 e. The first-order valence-corrected chi connectivity index (χ1v) is 2.83. The van der Waals surface area contributed by atoms with E-state index in [0.717, 1.165) is 6.54 Å². The molecule has 0 fully saturated rings. The predicted molar refractivity (Wildman–Crippen MR) is 33.2 cm³/mol. The van der Waals surface area contributed by atoms with Crippen LogP contribution in [0.15, 0.2) is 10.7 Å². The number of aromatic nitrogens is 2.